The number of aromatic nitrogens is 4. The zero-order valence-electron chi connectivity index (χ0n) is 14.5. The molecule has 26 heavy (non-hydrogen) atoms. The Morgan fingerprint density at radius 2 is 1.85 bits per heavy atom. The van der Waals surface area contributed by atoms with Gasteiger partial charge in [0.1, 0.15) is 6.54 Å². The molecule has 0 aliphatic heterocycles. The molecule has 0 unspecified atom stereocenters. The molecule has 0 aliphatic carbocycles. The predicted octanol–water partition coefficient (Wildman–Crippen LogP) is 3.56. The number of hydrogen-bond donors (Lipinski definition) is 1. The van der Waals surface area contributed by atoms with Crippen molar-refractivity contribution < 1.29 is 4.79 Å². The third kappa shape index (κ3) is 3.09. The second-order valence-corrected chi connectivity index (χ2v) is 6.03. The molecule has 0 aliphatic rings. The fraction of sp³-hybridized carbons (Fsp3) is 0.150. The highest BCUT2D eigenvalue weighted by Gasteiger charge is 2.12. The number of carbonyl (C=O) groups excluding carboxylic acids is 1. The maximum absolute atomic E-state index is 12.5. The van der Waals surface area contributed by atoms with E-state index in [2.05, 4.69) is 15.4 Å². The lowest BCUT2D eigenvalue weighted by Gasteiger charge is -2.03. The zero-order chi connectivity index (χ0) is 17.9. The second-order valence-electron chi connectivity index (χ2n) is 6.03. The summed E-state index contributed by atoms with van der Waals surface area (Å²) in [5.74, 6) is 0.462. The van der Waals surface area contributed by atoms with Crippen molar-refractivity contribution in [3.8, 4) is 11.3 Å². The zero-order valence-corrected chi connectivity index (χ0v) is 14.5. The largest absolute Gasteiger partial charge is 0.327 e. The third-order valence-corrected chi connectivity index (χ3v) is 4.24. The van der Waals surface area contributed by atoms with Gasteiger partial charge in [0.05, 0.1) is 17.5 Å². The van der Waals surface area contributed by atoms with E-state index in [1.165, 1.54) is 0 Å². The highest BCUT2D eigenvalue weighted by Crippen LogP contribution is 2.22. The molecule has 0 radical (unpaired) electrons. The van der Waals surface area contributed by atoms with Gasteiger partial charge in [-0.1, -0.05) is 42.5 Å². The van der Waals surface area contributed by atoms with Crippen LogP contribution in [0.2, 0.25) is 0 Å². The fourth-order valence-corrected chi connectivity index (χ4v) is 3.00. The molecule has 0 saturated heterocycles. The molecule has 2 aromatic carbocycles. The van der Waals surface area contributed by atoms with Crippen LogP contribution in [0, 0.1) is 0 Å². The Morgan fingerprint density at radius 1 is 1.08 bits per heavy atom. The van der Waals surface area contributed by atoms with E-state index in [0.717, 1.165) is 28.7 Å². The van der Waals surface area contributed by atoms with E-state index >= 15 is 0 Å². The number of anilines is 1. The van der Waals surface area contributed by atoms with E-state index in [4.69, 9.17) is 0 Å². The molecule has 0 saturated carbocycles. The second kappa shape index (κ2) is 6.84. The van der Waals surface area contributed by atoms with Crippen molar-refractivity contribution in [2.75, 3.05) is 5.32 Å². The molecule has 0 spiro atoms. The molecule has 4 rings (SSSR count). The number of imidazole rings is 1. The van der Waals surface area contributed by atoms with E-state index < -0.39 is 0 Å². The predicted molar refractivity (Wildman–Crippen MR) is 102 cm³/mol. The summed E-state index contributed by atoms with van der Waals surface area (Å²) in [6, 6.07) is 17.8. The number of amides is 1. The fourth-order valence-electron chi connectivity index (χ4n) is 3.00. The lowest BCUT2D eigenvalue weighted by molar-refractivity contribution is -0.116. The quantitative estimate of drug-likeness (QED) is 0.601. The summed E-state index contributed by atoms with van der Waals surface area (Å²) in [6.45, 7) is 2.97. The molecule has 6 heteroatoms. The number of nitrogens with one attached hydrogen (secondary N) is 1. The number of hydrogen-bond acceptors (Lipinski definition) is 3. The number of para-hydroxylation sites is 1. The molecule has 1 amide bonds. The van der Waals surface area contributed by atoms with Gasteiger partial charge in [0.2, 0.25) is 5.91 Å². The van der Waals surface area contributed by atoms with E-state index in [-0.39, 0.29) is 12.5 Å². The minimum atomic E-state index is -0.131. The standard InChI is InChI=1S/C20H19N5O/c1-2-25-18-11-7-6-10-16(18)20(23-25)22-19(26)13-24-12-17(21-14-24)15-8-4-3-5-9-15/h3-12,14H,2,13H2,1H3,(H,22,23,26). The highest BCUT2D eigenvalue weighted by molar-refractivity contribution is 5.99. The number of aryl methyl sites for hydroxylation is 1. The number of rotatable bonds is 5. The number of benzene rings is 2. The number of carbonyl (C=O) groups is 1. The summed E-state index contributed by atoms with van der Waals surface area (Å²) >= 11 is 0. The maximum atomic E-state index is 12.5. The minimum absolute atomic E-state index is 0.131. The molecule has 0 fully saturated rings. The topological polar surface area (TPSA) is 64.7 Å². The maximum Gasteiger partial charge on any atom is 0.245 e. The Hall–Kier alpha value is -3.41. The average molecular weight is 345 g/mol. The lowest BCUT2D eigenvalue weighted by atomic mass is 10.2. The average Bonchev–Trinajstić information content (AvgIpc) is 3.27. The molecular weight excluding hydrogens is 326 g/mol. The first-order chi connectivity index (χ1) is 12.7. The van der Waals surface area contributed by atoms with Gasteiger partial charge in [-0.2, -0.15) is 5.10 Å². The first kappa shape index (κ1) is 16.1. The minimum Gasteiger partial charge on any atom is -0.327 e. The van der Waals surface area contributed by atoms with Gasteiger partial charge in [0, 0.05) is 23.7 Å². The van der Waals surface area contributed by atoms with Crippen LogP contribution in [0.25, 0.3) is 22.2 Å². The number of fused-ring (bicyclic) bond motifs is 1. The Balaban J connectivity index is 1.51. The molecule has 2 heterocycles. The Bertz CT molecular complexity index is 1050. The molecule has 4 aromatic rings. The van der Waals surface area contributed by atoms with Gasteiger partial charge in [-0.3, -0.25) is 9.48 Å². The smallest absolute Gasteiger partial charge is 0.245 e. The van der Waals surface area contributed by atoms with E-state index in [9.17, 15) is 4.79 Å². The van der Waals surface area contributed by atoms with Crippen LogP contribution in [-0.2, 0) is 17.9 Å². The van der Waals surface area contributed by atoms with Crippen molar-refractivity contribution in [2.45, 2.75) is 20.0 Å². The van der Waals surface area contributed by atoms with E-state index in [1.54, 1.807) is 10.9 Å². The summed E-state index contributed by atoms with van der Waals surface area (Å²) in [5, 5.41) is 8.36. The summed E-state index contributed by atoms with van der Waals surface area (Å²) in [7, 11) is 0. The lowest BCUT2D eigenvalue weighted by Crippen LogP contribution is -2.18. The molecule has 1 N–H and O–H groups in total. The first-order valence-electron chi connectivity index (χ1n) is 8.57. The van der Waals surface area contributed by atoms with Gasteiger partial charge in [0.15, 0.2) is 5.82 Å². The van der Waals surface area contributed by atoms with Crippen LogP contribution in [0.5, 0.6) is 0 Å². The Kier molecular flexibility index (Phi) is 4.23. The van der Waals surface area contributed by atoms with Gasteiger partial charge in [0.25, 0.3) is 0 Å². The van der Waals surface area contributed by atoms with Crippen molar-refractivity contribution in [2.24, 2.45) is 0 Å². The van der Waals surface area contributed by atoms with Crippen molar-refractivity contribution in [1.29, 1.82) is 0 Å². The van der Waals surface area contributed by atoms with Crippen LogP contribution in [0.4, 0.5) is 5.82 Å². The van der Waals surface area contributed by atoms with E-state index in [1.807, 2.05) is 72.4 Å². The molecule has 2 aromatic heterocycles. The van der Waals surface area contributed by atoms with Crippen LogP contribution >= 0.6 is 0 Å². The normalized spacial score (nSPS) is 11.0. The van der Waals surface area contributed by atoms with Crippen molar-refractivity contribution in [1.82, 2.24) is 19.3 Å². The Morgan fingerprint density at radius 3 is 2.65 bits per heavy atom. The molecule has 130 valence electrons. The monoisotopic (exact) mass is 345 g/mol. The summed E-state index contributed by atoms with van der Waals surface area (Å²) in [5.41, 5.74) is 2.89. The SMILES string of the molecule is CCn1nc(NC(=O)Cn2cnc(-c3ccccc3)c2)c2ccccc21. The van der Waals surface area contributed by atoms with Crippen molar-refractivity contribution in [3.05, 3.63) is 67.1 Å². The third-order valence-electron chi connectivity index (χ3n) is 4.24. The van der Waals surface area contributed by atoms with Gasteiger partial charge in [-0.05, 0) is 19.1 Å². The summed E-state index contributed by atoms with van der Waals surface area (Å²) < 4.78 is 3.66. The van der Waals surface area contributed by atoms with Gasteiger partial charge < -0.3 is 9.88 Å². The van der Waals surface area contributed by atoms with Crippen molar-refractivity contribution in [3.63, 3.8) is 0 Å². The van der Waals surface area contributed by atoms with Gasteiger partial charge in [-0.15, -0.1) is 0 Å². The van der Waals surface area contributed by atoms with Crippen molar-refractivity contribution >= 4 is 22.6 Å². The molecule has 6 nitrogen and oxygen atoms in total. The molecular formula is C20H19N5O. The van der Waals surface area contributed by atoms with Crippen LogP contribution in [-0.4, -0.2) is 25.2 Å². The molecule has 0 bridgehead atoms. The summed E-state index contributed by atoms with van der Waals surface area (Å²) in [4.78, 5) is 16.8. The number of nitrogens with zero attached hydrogens (tertiary/aromatic N) is 4. The summed E-state index contributed by atoms with van der Waals surface area (Å²) in [6.07, 6.45) is 3.54. The van der Waals surface area contributed by atoms with E-state index in [0.29, 0.717) is 5.82 Å². The molecule has 0 atom stereocenters. The van der Waals surface area contributed by atoms with Crippen LogP contribution < -0.4 is 5.32 Å². The first-order valence-corrected chi connectivity index (χ1v) is 8.57. The van der Waals surface area contributed by atoms with Gasteiger partial charge >= 0.3 is 0 Å². The van der Waals surface area contributed by atoms with Crippen LogP contribution in [0.15, 0.2) is 67.1 Å². The van der Waals surface area contributed by atoms with Crippen LogP contribution in [0.3, 0.4) is 0 Å². The van der Waals surface area contributed by atoms with Crippen LogP contribution in [0.1, 0.15) is 6.92 Å². The highest BCUT2D eigenvalue weighted by atomic mass is 16.2. The Labute approximate surface area is 151 Å². The van der Waals surface area contributed by atoms with Gasteiger partial charge in [-0.25, -0.2) is 4.98 Å².